The van der Waals surface area contributed by atoms with Crippen molar-refractivity contribution in [1.82, 2.24) is 4.98 Å². The van der Waals surface area contributed by atoms with Crippen LogP contribution in [0.15, 0.2) is 41.3 Å². The second kappa shape index (κ2) is 4.14. The van der Waals surface area contributed by atoms with Gasteiger partial charge in [-0.05, 0) is 12.1 Å². The molecule has 0 amide bonds. The maximum atomic E-state index is 12.6. The number of phenols is 1. The van der Waals surface area contributed by atoms with E-state index in [0.29, 0.717) is 21.8 Å². The third-order valence-corrected chi connectivity index (χ3v) is 4.70. The number of fused-ring (bicyclic) bond motifs is 3. The number of rotatable bonds is 1. The number of halogens is 3. The molecule has 0 aliphatic carbocycles. The monoisotopic (exact) mass is 315 g/mol. The largest absolute Gasteiger partial charge is 0.507 e. The summed E-state index contributed by atoms with van der Waals surface area (Å²) in [6.45, 7) is 0. The van der Waals surface area contributed by atoms with Gasteiger partial charge in [-0.15, -0.1) is 0 Å². The predicted octanol–water partition coefficient (Wildman–Crippen LogP) is 3.32. The van der Waals surface area contributed by atoms with Crippen LogP contribution >= 0.6 is 0 Å². The zero-order valence-electron chi connectivity index (χ0n) is 10.3. The third kappa shape index (κ3) is 1.94. The lowest BCUT2D eigenvalue weighted by molar-refractivity contribution is -0.0437. The Morgan fingerprint density at radius 3 is 2.33 bits per heavy atom. The fourth-order valence-corrected chi connectivity index (χ4v) is 3.06. The zero-order valence-corrected chi connectivity index (χ0v) is 11.1. The summed E-state index contributed by atoms with van der Waals surface area (Å²) in [7, 11) is -5.61. The van der Waals surface area contributed by atoms with Crippen molar-refractivity contribution in [3.8, 4) is 5.75 Å². The lowest BCUT2D eigenvalue weighted by Crippen LogP contribution is -2.23. The maximum Gasteiger partial charge on any atom is 0.502 e. The molecule has 0 aliphatic heterocycles. The van der Waals surface area contributed by atoms with Crippen molar-refractivity contribution in [2.24, 2.45) is 0 Å². The number of H-pyrrole nitrogens is 1. The Balaban J connectivity index is 2.40. The molecule has 1 heterocycles. The number of aromatic amines is 1. The molecule has 0 fully saturated rings. The molecule has 2 aromatic carbocycles. The summed E-state index contributed by atoms with van der Waals surface area (Å²) in [4.78, 5) is 1.75. The fourth-order valence-electron chi connectivity index (χ4n) is 2.21. The van der Waals surface area contributed by atoms with Crippen LogP contribution in [-0.2, 0) is 9.84 Å². The molecule has 3 aromatic rings. The van der Waals surface area contributed by atoms with Gasteiger partial charge in [-0.2, -0.15) is 13.2 Å². The quantitative estimate of drug-likeness (QED) is 0.723. The minimum Gasteiger partial charge on any atom is -0.507 e. The first kappa shape index (κ1) is 13.7. The predicted molar refractivity (Wildman–Crippen MR) is 70.7 cm³/mol. The van der Waals surface area contributed by atoms with Crippen molar-refractivity contribution < 1.29 is 26.7 Å². The molecule has 0 aliphatic rings. The van der Waals surface area contributed by atoms with E-state index >= 15 is 0 Å². The van der Waals surface area contributed by atoms with Crippen LogP contribution < -0.4 is 0 Å². The summed E-state index contributed by atoms with van der Waals surface area (Å²) in [5.74, 6) is -0.939. The molecule has 0 atom stereocenters. The Hall–Kier alpha value is -2.22. The fraction of sp³-hybridized carbons (Fsp3) is 0.0769. The van der Waals surface area contributed by atoms with Crippen LogP contribution in [0.5, 0.6) is 5.75 Å². The van der Waals surface area contributed by atoms with Gasteiger partial charge in [0.25, 0.3) is 9.84 Å². The first-order valence-corrected chi connectivity index (χ1v) is 7.25. The van der Waals surface area contributed by atoms with E-state index in [1.165, 1.54) is 0 Å². The van der Waals surface area contributed by atoms with Crippen LogP contribution in [0.4, 0.5) is 13.2 Å². The van der Waals surface area contributed by atoms with E-state index in [1.807, 2.05) is 0 Å². The maximum absolute atomic E-state index is 12.6. The van der Waals surface area contributed by atoms with E-state index in [1.54, 1.807) is 24.3 Å². The average Bonchev–Trinajstić information content (AvgIpc) is 2.73. The number of para-hydroxylation sites is 1. The molecule has 2 N–H and O–H groups in total. The van der Waals surface area contributed by atoms with Gasteiger partial charge in [-0.3, -0.25) is 0 Å². The normalized spacial score (nSPS) is 13.1. The Morgan fingerprint density at radius 1 is 1.00 bits per heavy atom. The summed E-state index contributed by atoms with van der Waals surface area (Å²) >= 11 is 0. The molecule has 8 heteroatoms. The number of benzene rings is 2. The summed E-state index contributed by atoms with van der Waals surface area (Å²) in [6, 6.07) is 8.57. The number of hydrogen-bond acceptors (Lipinski definition) is 3. The summed E-state index contributed by atoms with van der Waals surface area (Å²) < 4.78 is 60.9. The molecule has 1 aromatic heterocycles. The van der Waals surface area contributed by atoms with Gasteiger partial charge in [0, 0.05) is 22.4 Å². The Kier molecular flexibility index (Phi) is 2.71. The van der Waals surface area contributed by atoms with Gasteiger partial charge in [-0.25, -0.2) is 8.42 Å². The Labute approximate surface area is 116 Å². The molecule has 3 rings (SSSR count). The molecule has 110 valence electrons. The van der Waals surface area contributed by atoms with Crippen LogP contribution in [0.1, 0.15) is 0 Å². The van der Waals surface area contributed by atoms with E-state index in [2.05, 4.69) is 4.98 Å². The number of hydrogen-bond donors (Lipinski definition) is 2. The Bertz CT molecular complexity index is 958. The molecule has 0 unspecified atom stereocenters. The lowest BCUT2D eigenvalue weighted by Gasteiger charge is -2.09. The van der Waals surface area contributed by atoms with Crippen molar-refractivity contribution in [3.05, 3.63) is 36.4 Å². The lowest BCUT2D eigenvalue weighted by atomic mass is 10.1. The number of nitrogens with one attached hydrogen (secondary N) is 1. The highest BCUT2D eigenvalue weighted by Gasteiger charge is 2.48. The van der Waals surface area contributed by atoms with Crippen LogP contribution in [0.2, 0.25) is 0 Å². The molecule has 21 heavy (non-hydrogen) atoms. The van der Waals surface area contributed by atoms with Crippen LogP contribution in [-0.4, -0.2) is 24.0 Å². The van der Waals surface area contributed by atoms with Crippen molar-refractivity contribution in [1.29, 1.82) is 0 Å². The Morgan fingerprint density at radius 2 is 1.67 bits per heavy atom. The van der Waals surface area contributed by atoms with Crippen molar-refractivity contribution in [3.63, 3.8) is 0 Å². The van der Waals surface area contributed by atoms with Gasteiger partial charge >= 0.3 is 5.51 Å². The second-order valence-electron chi connectivity index (χ2n) is 4.49. The average molecular weight is 315 g/mol. The molecular formula is C13H8F3NO3S. The molecule has 0 spiro atoms. The number of aromatic nitrogens is 1. The highest BCUT2D eigenvalue weighted by molar-refractivity contribution is 7.92. The minimum atomic E-state index is -5.61. The topological polar surface area (TPSA) is 70.2 Å². The number of phenolic OH excluding ortho intramolecular Hbond substituents is 1. The minimum absolute atomic E-state index is 0.297. The van der Waals surface area contributed by atoms with E-state index in [-0.39, 0.29) is 0 Å². The standard InChI is InChI=1S/C13H8F3NO3S/c14-13(15,16)21(19,20)12-5-8-7-3-1-2-4-9(7)17-10(8)6-11(12)18/h1-6,17-18H. The van der Waals surface area contributed by atoms with Crippen molar-refractivity contribution in [2.75, 3.05) is 0 Å². The van der Waals surface area contributed by atoms with E-state index in [4.69, 9.17) is 0 Å². The van der Waals surface area contributed by atoms with Gasteiger partial charge in [0.1, 0.15) is 10.6 Å². The highest BCUT2D eigenvalue weighted by atomic mass is 32.2. The first-order valence-electron chi connectivity index (χ1n) is 5.76. The number of aromatic hydroxyl groups is 1. The zero-order chi connectivity index (χ0) is 15.4. The molecule has 0 radical (unpaired) electrons. The summed E-state index contributed by atoms with van der Waals surface area (Å²) in [5, 5.41) is 10.5. The number of sulfone groups is 1. The summed E-state index contributed by atoms with van der Waals surface area (Å²) in [6.07, 6.45) is 0. The van der Waals surface area contributed by atoms with Crippen LogP contribution in [0.25, 0.3) is 21.8 Å². The molecule has 4 nitrogen and oxygen atoms in total. The van der Waals surface area contributed by atoms with E-state index in [0.717, 1.165) is 12.1 Å². The first-order chi connectivity index (χ1) is 9.72. The van der Waals surface area contributed by atoms with Gasteiger partial charge < -0.3 is 10.1 Å². The SMILES string of the molecule is O=S(=O)(c1cc2c(cc1O)[nH]c1ccccc12)C(F)(F)F. The smallest absolute Gasteiger partial charge is 0.502 e. The van der Waals surface area contributed by atoms with Crippen molar-refractivity contribution in [2.45, 2.75) is 10.4 Å². The second-order valence-corrected chi connectivity index (χ2v) is 6.39. The van der Waals surface area contributed by atoms with Crippen molar-refractivity contribution >= 4 is 31.6 Å². The van der Waals surface area contributed by atoms with E-state index < -0.39 is 26.0 Å². The van der Waals surface area contributed by atoms with Crippen LogP contribution in [0.3, 0.4) is 0 Å². The van der Waals surface area contributed by atoms with Gasteiger partial charge in [-0.1, -0.05) is 18.2 Å². The van der Waals surface area contributed by atoms with Gasteiger partial charge in [0.2, 0.25) is 0 Å². The molecular weight excluding hydrogens is 307 g/mol. The molecule has 0 saturated carbocycles. The third-order valence-electron chi connectivity index (χ3n) is 3.18. The molecule has 0 bridgehead atoms. The van der Waals surface area contributed by atoms with Gasteiger partial charge in [0.15, 0.2) is 0 Å². The van der Waals surface area contributed by atoms with E-state index in [9.17, 15) is 26.7 Å². The highest BCUT2D eigenvalue weighted by Crippen LogP contribution is 2.38. The number of alkyl halides is 3. The summed E-state index contributed by atoms with van der Waals surface area (Å²) in [5.41, 5.74) is -4.48. The van der Waals surface area contributed by atoms with Gasteiger partial charge in [0.05, 0.1) is 5.52 Å². The van der Waals surface area contributed by atoms with Crippen LogP contribution in [0, 0.1) is 0 Å². The molecule has 0 saturated heterocycles.